The van der Waals surface area contributed by atoms with Gasteiger partial charge in [0, 0.05) is 24.1 Å². The van der Waals surface area contributed by atoms with Crippen LogP contribution in [-0.2, 0) is 17.8 Å². The molecule has 0 fully saturated rings. The number of ether oxygens (including phenoxy) is 1. The maximum absolute atomic E-state index is 12.5. The molecule has 8 heteroatoms. The third-order valence-electron chi connectivity index (χ3n) is 4.55. The highest BCUT2D eigenvalue weighted by atomic mass is 16.6. The minimum Gasteiger partial charge on any atom is -0.489 e. The Labute approximate surface area is 178 Å². The molecule has 0 aromatic heterocycles. The van der Waals surface area contributed by atoms with Crippen molar-refractivity contribution < 1.29 is 19.2 Å². The number of hydrogen-bond acceptors (Lipinski definition) is 5. The number of benzene rings is 3. The minimum absolute atomic E-state index is 0.0698. The molecule has 0 heterocycles. The number of non-ortho nitro benzene ring substituents is 1. The van der Waals surface area contributed by atoms with Gasteiger partial charge in [-0.3, -0.25) is 19.7 Å². The van der Waals surface area contributed by atoms with Gasteiger partial charge in [-0.15, -0.1) is 0 Å². The average molecular weight is 419 g/mol. The first-order valence-corrected chi connectivity index (χ1v) is 9.52. The molecule has 0 unspecified atom stereocenters. The number of nitrogens with one attached hydrogen (secondary N) is 1. The van der Waals surface area contributed by atoms with Crippen LogP contribution >= 0.6 is 0 Å². The lowest BCUT2D eigenvalue weighted by atomic mass is 10.0. The van der Waals surface area contributed by atoms with Gasteiger partial charge in [0.2, 0.25) is 5.91 Å². The third kappa shape index (κ3) is 6.14. The van der Waals surface area contributed by atoms with Crippen molar-refractivity contribution in [2.24, 2.45) is 5.73 Å². The van der Waals surface area contributed by atoms with Crippen molar-refractivity contribution in [1.82, 2.24) is 5.32 Å². The second-order valence-electron chi connectivity index (χ2n) is 6.86. The number of primary amides is 1. The maximum atomic E-state index is 12.5. The predicted molar refractivity (Wildman–Crippen MR) is 114 cm³/mol. The normalized spacial score (nSPS) is 11.4. The lowest BCUT2D eigenvalue weighted by Crippen LogP contribution is -2.45. The first kappa shape index (κ1) is 21.5. The zero-order chi connectivity index (χ0) is 22.2. The molecule has 0 bridgehead atoms. The molecule has 2 amide bonds. The van der Waals surface area contributed by atoms with Crippen LogP contribution in [0.25, 0.3) is 0 Å². The number of carbonyl (C=O) groups excluding carboxylic acids is 2. The van der Waals surface area contributed by atoms with Crippen LogP contribution in [0.5, 0.6) is 5.75 Å². The Balaban J connectivity index is 1.67. The van der Waals surface area contributed by atoms with Crippen molar-refractivity contribution in [3.63, 3.8) is 0 Å². The molecule has 0 aliphatic rings. The van der Waals surface area contributed by atoms with Crippen molar-refractivity contribution >= 4 is 17.5 Å². The molecular formula is C23H21N3O5. The molecule has 0 saturated heterocycles. The van der Waals surface area contributed by atoms with Crippen molar-refractivity contribution in [1.29, 1.82) is 0 Å². The number of nitrogens with zero attached hydrogens (tertiary/aromatic N) is 1. The van der Waals surface area contributed by atoms with Crippen molar-refractivity contribution in [2.45, 2.75) is 19.1 Å². The third-order valence-corrected chi connectivity index (χ3v) is 4.55. The molecule has 3 aromatic carbocycles. The fourth-order valence-corrected chi connectivity index (χ4v) is 2.96. The summed E-state index contributed by atoms with van der Waals surface area (Å²) in [5.74, 6) is -0.715. The summed E-state index contributed by atoms with van der Waals surface area (Å²) in [6, 6.07) is 21.1. The van der Waals surface area contributed by atoms with Crippen LogP contribution in [-0.4, -0.2) is 22.8 Å². The summed E-state index contributed by atoms with van der Waals surface area (Å²) >= 11 is 0. The van der Waals surface area contributed by atoms with Crippen LogP contribution in [0.2, 0.25) is 0 Å². The standard InChI is InChI=1S/C23H21N3O5/c24-22(27)21(25-23(28)18-9-5-10-19(14-18)26(29)30)13-17-8-4-11-20(12-17)31-15-16-6-2-1-3-7-16/h1-12,14,21H,13,15H2,(H2,24,27)(H,25,28)/t21-/m0/s1. The monoisotopic (exact) mass is 419 g/mol. The van der Waals surface area contributed by atoms with Crippen molar-refractivity contribution in [3.05, 3.63) is 106 Å². The van der Waals surface area contributed by atoms with E-state index in [1.54, 1.807) is 24.3 Å². The van der Waals surface area contributed by atoms with Gasteiger partial charge >= 0.3 is 0 Å². The van der Waals surface area contributed by atoms with Gasteiger partial charge < -0.3 is 15.8 Å². The summed E-state index contributed by atoms with van der Waals surface area (Å²) < 4.78 is 5.79. The van der Waals surface area contributed by atoms with E-state index >= 15 is 0 Å². The summed E-state index contributed by atoms with van der Waals surface area (Å²) in [6.07, 6.45) is 0.151. The Morgan fingerprint density at radius 2 is 1.68 bits per heavy atom. The zero-order valence-electron chi connectivity index (χ0n) is 16.6. The Morgan fingerprint density at radius 3 is 2.39 bits per heavy atom. The molecule has 3 N–H and O–H groups in total. The van der Waals surface area contributed by atoms with Gasteiger partial charge in [-0.05, 0) is 29.3 Å². The van der Waals surface area contributed by atoms with E-state index in [1.807, 2.05) is 30.3 Å². The van der Waals surface area contributed by atoms with Crippen LogP contribution in [0.15, 0.2) is 78.9 Å². The maximum Gasteiger partial charge on any atom is 0.270 e. The number of amides is 2. The molecule has 0 aliphatic carbocycles. The average Bonchev–Trinajstić information content (AvgIpc) is 2.78. The predicted octanol–water partition coefficient (Wildman–Crippen LogP) is 3.00. The summed E-state index contributed by atoms with van der Waals surface area (Å²) in [5, 5.41) is 13.5. The summed E-state index contributed by atoms with van der Waals surface area (Å²) in [4.78, 5) is 34.7. The second kappa shape index (κ2) is 10.0. The molecule has 0 saturated carbocycles. The summed E-state index contributed by atoms with van der Waals surface area (Å²) in [5.41, 5.74) is 7.09. The molecular weight excluding hydrogens is 398 g/mol. The lowest BCUT2D eigenvalue weighted by Gasteiger charge is -2.16. The van der Waals surface area contributed by atoms with Crippen LogP contribution in [0.4, 0.5) is 5.69 Å². The smallest absolute Gasteiger partial charge is 0.270 e. The van der Waals surface area contributed by atoms with E-state index in [4.69, 9.17) is 10.5 Å². The van der Waals surface area contributed by atoms with E-state index in [2.05, 4.69) is 5.32 Å². The molecule has 3 rings (SSSR count). The number of carbonyl (C=O) groups is 2. The first-order chi connectivity index (χ1) is 14.9. The fraction of sp³-hybridized carbons (Fsp3) is 0.130. The number of nitrogens with two attached hydrogens (primary N) is 1. The minimum atomic E-state index is -0.990. The number of hydrogen-bond donors (Lipinski definition) is 2. The van der Waals surface area contributed by atoms with Gasteiger partial charge in [0.15, 0.2) is 0 Å². The fourth-order valence-electron chi connectivity index (χ4n) is 2.96. The van der Waals surface area contributed by atoms with Crippen LogP contribution in [0.1, 0.15) is 21.5 Å². The molecule has 3 aromatic rings. The summed E-state index contributed by atoms with van der Waals surface area (Å²) in [7, 11) is 0. The quantitative estimate of drug-likeness (QED) is 0.407. The highest BCUT2D eigenvalue weighted by Gasteiger charge is 2.21. The number of nitro groups is 1. The van der Waals surface area contributed by atoms with E-state index in [0.717, 1.165) is 17.2 Å². The van der Waals surface area contributed by atoms with Gasteiger partial charge in [0.25, 0.3) is 11.6 Å². The molecule has 0 spiro atoms. The van der Waals surface area contributed by atoms with Gasteiger partial charge in [0.1, 0.15) is 18.4 Å². The van der Waals surface area contributed by atoms with E-state index in [0.29, 0.717) is 12.4 Å². The van der Waals surface area contributed by atoms with E-state index in [9.17, 15) is 19.7 Å². The summed E-state index contributed by atoms with van der Waals surface area (Å²) in [6.45, 7) is 0.396. The van der Waals surface area contributed by atoms with Crippen molar-refractivity contribution in [3.8, 4) is 5.75 Å². The Kier molecular flexibility index (Phi) is 6.95. The SMILES string of the molecule is NC(=O)[C@H](Cc1cccc(OCc2ccccc2)c1)NC(=O)c1cccc([N+](=O)[O-])c1. The molecule has 158 valence electrons. The topological polar surface area (TPSA) is 125 Å². The van der Waals surface area contributed by atoms with E-state index in [1.165, 1.54) is 18.2 Å². The highest BCUT2D eigenvalue weighted by molar-refractivity contribution is 5.97. The van der Waals surface area contributed by atoms with Gasteiger partial charge in [-0.1, -0.05) is 48.5 Å². The second-order valence-corrected chi connectivity index (χ2v) is 6.86. The molecule has 8 nitrogen and oxygen atoms in total. The van der Waals surface area contributed by atoms with Gasteiger partial charge in [0.05, 0.1) is 4.92 Å². The lowest BCUT2D eigenvalue weighted by molar-refractivity contribution is -0.384. The Hall–Kier alpha value is -4.20. The van der Waals surface area contributed by atoms with Crippen LogP contribution < -0.4 is 15.8 Å². The molecule has 0 radical (unpaired) electrons. The molecule has 1 atom stereocenters. The molecule has 31 heavy (non-hydrogen) atoms. The first-order valence-electron chi connectivity index (χ1n) is 9.52. The number of nitro benzene ring substituents is 1. The van der Waals surface area contributed by atoms with Gasteiger partial charge in [-0.2, -0.15) is 0 Å². The zero-order valence-corrected chi connectivity index (χ0v) is 16.6. The number of rotatable bonds is 9. The van der Waals surface area contributed by atoms with Gasteiger partial charge in [-0.25, -0.2) is 0 Å². The molecule has 0 aliphatic heterocycles. The van der Waals surface area contributed by atoms with Crippen molar-refractivity contribution in [2.75, 3.05) is 0 Å². The van der Waals surface area contributed by atoms with Crippen LogP contribution in [0, 0.1) is 10.1 Å². The Bertz CT molecular complexity index is 1090. The van der Waals surface area contributed by atoms with E-state index < -0.39 is 22.8 Å². The largest absolute Gasteiger partial charge is 0.489 e. The highest BCUT2D eigenvalue weighted by Crippen LogP contribution is 2.17. The Morgan fingerprint density at radius 1 is 0.968 bits per heavy atom. The van der Waals surface area contributed by atoms with E-state index in [-0.39, 0.29) is 17.7 Å². The van der Waals surface area contributed by atoms with Crippen LogP contribution in [0.3, 0.4) is 0 Å².